The van der Waals surface area contributed by atoms with Gasteiger partial charge in [-0.2, -0.15) is 26.9 Å². The summed E-state index contributed by atoms with van der Waals surface area (Å²) in [5.41, 5.74) is -1.24. The van der Waals surface area contributed by atoms with Crippen molar-refractivity contribution in [2.45, 2.75) is 44.3 Å². The minimum Gasteiger partial charge on any atom is -0.471 e. The molecular formula is C16H20F5N3O4. The van der Waals surface area contributed by atoms with Gasteiger partial charge in [0.15, 0.2) is 6.61 Å². The van der Waals surface area contributed by atoms with Crippen LogP contribution in [0, 0.1) is 0 Å². The molecule has 0 saturated carbocycles. The average molecular weight is 413 g/mol. The molecule has 2 amide bonds. The monoisotopic (exact) mass is 413 g/mol. The zero-order chi connectivity index (χ0) is 21.6. The number of aromatic nitrogens is 1. The molecule has 1 heterocycles. The highest BCUT2D eigenvalue weighted by Gasteiger charge is 2.58. The van der Waals surface area contributed by atoms with Crippen LogP contribution in [0.25, 0.3) is 0 Å². The minimum absolute atomic E-state index is 0.251. The second-order valence-corrected chi connectivity index (χ2v) is 5.69. The number of carbonyl (C=O) groups excluding carboxylic acids is 2. The molecule has 0 aliphatic heterocycles. The molecule has 2 N–H and O–H groups in total. The maximum absolute atomic E-state index is 12.9. The maximum atomic E-state index is 12.9. The molecule has 0 fully saturated rings. The van der Waals surface area contributed by atoms with Crippen molar-refractivity contribution in [2.24, 2.45) is 0 Å². The van der Waals surface area contributed by atoms with E-state index >= 15 is 0 Å². The Morgan fingerprint density at radius 3 is 2.14 bits per heavy atom. The van der Waals surface area contributed by atoms with Crippen molar-refractivity contribution in [1.29, 1.82) is 0 Å². The molecule has 0 aliphatic rings. The third kappa shape index (κ3) is 5.67. The number of nitrogens with zero attached hydrogens (tertiary/aromatic N) is 1. The van der Waals surface area contributed by atoms with Gasteiger partial charge in [0.05, 0.1) is 0 Å². The third-order valence-electron chi connectivity index (χ3n) is 3.92. The van der Waals surface area contributed by atoms with Gasteiger partial charge in [0.2, 0.25) is 17.7 Å². The zero-order valence-corrected chi connectivity index (χ0v) is 15.3. The van der Waals surface area contributed by atoms with Crippen molar-refractivity contribution in [3.05, 3.63) is 18.2 Å². The van der Waals surface area contributed by atoms with E-state index in [1.54, 1.807) is 13.8 Å². The number of amides is 2. The summed E-state index contributed by atoms with van der Waals surface area (Å²) < 4.78 is 71.5. The normalized spacial score (nSPS) is 12.3. The van der Waals surface area contributed by atoms with Crippen LogP contribution in [0.1, 0.15) is 26.7 Å². The highest BCUT2D eigenvalue weighted by Crippen LogP contribution is 2.35. The van der Waals surface area contributed by atoms with Crippen LogP contribution >= 0.6 is 0 Å². The molecule has 0 saturated heterocycles. The van der Waals surface area contributed by atoms with Crippen LogP contribution in [-0.2, 0) is 4.79 Å². The van der Waals surface area contributed by atoms with Crippen molar-refractivity contribution in [1.82, 2.24) is 15.6 Å². The summed E-state index contributed by atoms with van der Waals surface area (Å²) in [7, 11) is 1.40. The molecule has 0 radical (unpaired) electrons. The van der Waals surface area contributed by atoms with Crippen molar-refractivity contribution in [3.63, 3.8) is 0 Å². The van der Waals surface area contributed by atoms with Crippen LogP contribution in [0.2, 0.25) is 0 Å². The van der Waals surface area contributed by atoms with Crippen LogP contribution < -0.4 is 20.1 Å². The van der Waals surface area contributed by atoms with Gasteiger partial charge in [0, 0.05) is 19.2 Å². The smallest absolute Gasteiger partial charge is 0.456 e. The molecule has 0 unspecified atom stereocenters. The molecule has 1 rings (SSSR count). The van der Waals surface area contributed by atoms with Crippen molar-refractivity contribution in [2.75, 3.05) is 13.7 Å². The van der Waals surface area contributed by atoms with Gasteiger partial charge < -0.3 is 20.1 Å². The average Bonchev–Trinajstić information content (AvgIpc) is 2.63. The van der Waals surface area contributed by atoms with E-state index in [0.29, 0.717) is 0 Å². The fourth-order valence-corrected chi connectivity index (χ4v) is 2.14. The van der Waals surface area contributed by atoms with E-state index in [4.69, 9.17) is 4.74 Å². The summed E-state index contributed by atoms with van der Waals surface area (Å²) in [4.78, 5) is 27.6. The first kappa shape index (κ1) is 23.4. The Morgan fingerprint density at radius 1 is 1.07 bits per heavy atom. The summed E-state index contributed by atoms with van der Waals surface area (Å²) >= 11 is 0. The summed E-state index contributed by atoms with van der Waals surface area (Å²) in [6.45, 7) is 1.36. The van der Waals surface area contributed by atoms with Crippen LogP contribution in [0.15, 0.2) is 18.2 Å². The molecular weight excluding hydrogens is 393 g/mol. The van der Waals surface area contributed by atoms with E-state index in [1.165, 1.54) is 13.1 Å². The van der Waals surface area contributed by atoms with E-state index in [1.807, 2.05) is 0 Å². The number of nitrogens with one attached hydrogen (secondary N) is 2. The fourth-order valence-electron chi connectivity index (χ4n) is 2.14. The Morgan fingerprint density at radius 2 is 1.64 bits per heavy atom. The highest BCUT2D eigenvalue weighted by atomic mass is 19.4. The van der Waals surface area contributed by atoms with Crippen LogP contribution in [0.4, 0.5) is 26.7 Å². The van der Waals surface area contributed by atoms with Crippen LogP contribution in [-0.4, -0.2) is 48.3 Å². The predicted molar refractivity (Wildman–Crippen MR) is 87.3 cm³/mol. The van der Waals surface area contributed by atoms with Crippen molar-refractivity contribution in [3.8, 4) is 11.8 Å². The van der Waals surface area contributed by atoms with Gasteiger partial charge in [-0.05, 0) is 12.8 Å². The Balaban J connectivity index is 2.82. The number of halogens is 5. The molecule has 28 heavy (non-hydrogen) atoms. The first-order valence-corrected chi connectivity index (χ1v) is 8.17. The van der Waals surface area contributed by atoms with Crippen LogP contribution in [0.3, 0.4) is 0 Å². The topological polar surface area (TPSA) is 89.6 Å². The quantitative estimate of drug-likeness (QED) is 0.640. The SMILES string of the molecule is CCC(CC)(NC(=O)Oc1cccc(OCC(F)(F)C(F)(F)F)n1)C(=O)NC. The molecule has 0 aromatic carbocycles. The van der Waals surface area contributed by atoms with Gasteiger partial charge in [-0.1, -0.05) is 19.9 Å². The van der Waals surface area contributed by atoms with Gasteiger partial charge in [0.1, 0.15) is 5.54 Å². The van der Waals surface area contributed by atoms with Crippen molar-refractivity contribution >= 4 is 12.0 Å². The van der Waals surface area contributed by atoms with E-state index < -0.39 is 48.0 Å². The lowest BCUT2D eigenvalue weighted by Crippen LogP contribution is -2.58. The largest absolute Gasteiger partial charge is 0.471 e. The molecule has 1 aromatic heterocycles. The van der Waals surface area contributed by atoms with Gasteiger partial charge in [0.25, 0.3) is 0 Å². The van der Waals surface area contributed by atoms with E-state index in [-0.39, 0.29) is 12.8 Å². The molecule has 0 spiro atoms. The van der Waals surface area contributed by atoms with Crippen molar-refractivity contribution < 1.29 is 41.0 Å². The Kier molecular flexibility index (Phi) is 7.53. The zero-order valence-electron chi connectivity index (χ0n) is 15.3. The first-order valence-electron chi connectivity index (χ1n) is 8.17. The third-order valence-corrected chi connectivity index (χ3v) is 3.92. The standard InChI is InChI=1S/C16H20F5N3O4/c1-4-14(5-2,12(25)22-3)24-13(26)28-11-8-6-7-10(23-11)27-9-15(17,18)16(19,20)21/h6-8H,4-5,9H2,1-3H3,(H,22,25)(H,24,26). The van der Waals surface area contributed by atoms with E-state index in [2.05, 4.69) is 20.4 Å². The molecule has 7 nitrogen and oxygen atoms in total. The minimum atomic E-state index is -5.77. The van der Waals surface area contributed by atoms with Gasteiger partial charge in [-0.3, -0.25) is 4.79 Å². The summed E-state index contributed by atoms with van der Waals surface area (Å²) in [5.74, 6) is -6.53. The number of likely N-dealkylation sites (N-methyl/N-ethyl adjacent to an activating group) is 1. The lowest BCUT2D eigenvalue weighted by Gasteiger charge is -2.30. The lowest BCUT2D eigenvalue weighted by molar-refractivity contribution is -0.290. The number of rotatable bonds is 8. The van der Waals surface area contributed by atoms with E-state index in [9.17, 15) is 31.5 Å². The summed E-state index contributed by atoms with van der Waals surface area (Å²) in [5, 5.41) is 4.82. The highest BCUT2D eigenvalue weighted by molar-refractivity contribution is 5.90. The molecule has 0 atom stereocenters. The maximum Gasteiger partial charge on any atom is 0.456 e. The van der Waals surface area contributed by atoms with Gasteiger partial charge >= 0.3 is 18.2 Å². The second kappa shape index (κ2) is 9.02. The predicted octanol–water partition coefficient (Wildman–Crippen LogP) is 3.05. The van der Waals surface area contributed by atoms with Crippen LogP contribution in [0.5, 0.6) is 11.8 Å². The number of pyridine rings is 1. The molecule has 158 valence electrons. The fraction of sp³-hybridized carbons (Fsp3) is 0.562. The molecule has 0 bridgehead atoms. The summed E-state index contributed by atoms with van der Waals surface area (Å²) in [6.07, 6.45) is -6.33. The Bertz CT molecular complexity index is 693. The number of ether oxygens (including phenoxy) is 2. The Hall–Kier alpha value is -2.66. The van der Waals surface area contributed by atoms with E-state index in [0.717, 1.165) is 12.1 Å². The molecule has 1 aromatic rings. The molecule has 0 aliphatic carbocycles. The number of carbonyl (C=O) groups is 2. The number of hydrogen-bond donors (Lipinski definition) is 2. The lowest BCUT2D eigenvalue weighted by atomic mass is 9.92. The van der Waals surface area contributed by atoms with Gasteiger partial charge in [-0.25, -0.2) is 4.79 Å². The number of hydrogen-bond acceptors (Lipinski definition) is 5. The number of alkyl halides is 5. The van der Waals surface area contributed by atoms with Gasteiger partial charge in [-0.15, -0.1) is 0 Å². The second-order valence-electron chi connectivity index (χ2n) is 5.69. The molecule has 12 heteroatoms. The Labute approximate surface area is 157 Å². The summed E-state index contributed by atoms with van der Waals surface area (Å²) in [6, 6.07) is 3.36. The first-order chi connectivity index (χ1) is 12.9.